The van der Waals surface area contributed by atoms with Gasteiger partial charge in [-0.3, -0.25) is 10.1 Å². The van der Waals surface area contributed by atoms with E-state index in [9.17, 15) is 13.2 Å². The summed E-state index contributed by atoms with van der Waals surface area (Å²) in [4.78, 5) is 17.4. The van der Waals surface area contributed by atoms with Crippen LogP contribution in [0.1, 0.15) is 28.1 Å². The van der Waals surface area contributed by atoms with E-state index >= 15 is 0 Å². The van der Waals surface area contributed by atoms with Crippen LogP contribution in [0.3, 0.4) is 0 Å². The van der Waals surface area contributed by atoms with Crippen molar-refractivity contribution in [3.05, 3.63) is 40.9 Å². The Morgan fingerprint density at radius 3 is 2.96 bits per heavy atom. The largest absolute Gasteiger partial charge is 0.377 e. The van der Waals surface area contributed by atoms with Gasteiger partial charge in [0, 0.05) is 29.8 Å². The molecule has 1 aliphatic heterocycles. The van der Waals surface area contributed by atoms with E-state index in [2.05, 4.69) is 15.0 Å². The number of aryl methyl sites for hydroxylation is 1. The van der Waals surface area contributed by atoms with Crippen molar-refractivity contribution in [2.45, 2.75) is 30.8 Å². The molecule has 1 aromatic carbocycles. The maximum absolute atomic E-state index is 12.4. The van der Waals surface area contributed by atoms with Crippen molar-refractivity contribution in [3.63, 3.8) is 0 Å². The van der Waals surface area contributed by atoms with Crippen LogP contribution in [0.2, 0.25) is 0 Å². The zero-order valence-electron chi connectivity index (χ0n) is 13.7. The monoisotopic (exact) mass is 381 g/mol. The number of ether oxygens (including phenoxy) is 1. The molecule has 1 aliphatic rings. The van der Waals surface area contributed by atoms with E-state index < -0.39 is 15.9 Å². The zero-order chi connectivity index (χ0) is 17.9. The van der Waals surface area contributed by atoms with Crippen molar-refractivity contribution in [2.24, 2.45) is 0 Å². The molecular formula is C16H19N3O4S2. The van der Waals surface area contributed by atoms with Gasteiger partial charge in [-0.05, 0) is 38.0 Å². The summed E-state index contributed by atoms with van der Waals surface area (Å²) in [5, 5.41) is 3.15. The van der Waals surface area contributed by atoms with Crippen LogP contribution in [0.25, 0.3) is 0 Å². The molecule has 0 unspecified atom stereocenters. The van der Waals surface area contributed by atoms with E-state index in [0.717, 1.165) is 17.7 Å². The van der Waals surface area contributed by atoms with Crippen LogP contribution >= 0.6 is 11.3 Å². The lowest BCUT2D eigenvalue weighted by Gasteiger charge is -2.12. The first-order valence-electron chi connectivity index (χ1n) is 7.89. The van der Waals surface area contributed by atoms with Gasteiger partial charge in [0.25, 0.3) is 5.91 Å². The number of thiazole rings is 1. The van der Waals surface area contributed by atoms with Crippen LogP contribution in [0, 0.1) is 6.92 Å². The highest BCUT2D eigenvalue weighted by atomic mass is 32.2. The molecule has 3 rings (SSSR count). The molecule has 7 nitrogen and oxygen atoms in total. The number of nitrogens with zero attached hydrogens (tertiary/aromatic N) is 1. The highest BCUT2D eigenvalue weighted by Crippen LogP contribution is 2.19. The molecule has 1 fully saturated rings. The van der Waals surface area contributed by atoms with E-state index in [1.807, 2.05) is 6.92 Å². The second-order valence-corrected chi connectivity index (χ2v) is 8.75. The average Bonchev–Trinajstić information content (AvgIpc) is 3.25. The second kappa shape index (κ2) is 7.61. The molecule has 1 aromatic heterocycles. The van der Waals surface area contributed by atoms with Gasteiger partial charge in [-0.1, -0.05) is 6.07 Å². The van der Waals surface area contributed by atoms with Crippen molar-refractivity contribution < 1.29 is 17.9 Å². The molecule has 2 N–H and O–H groups in total. The van der Waals surface area contributed by atoms with E-state index in [-0.39, 0.29) is 23.1 Å². The fraction of sp³-hybridized carbons (Fsp3) is 0.375. The number of hydrogen-bond donors (Lipinski definition) is 2. The van der Waals surface area contributed by atoms with E-state index in [4.69, 9.17) is 4.74 Å². The van der Waals surface area contributed by atoms with Gasteiger partial charge in [0.1, 0.15) is 0 Å². The van der Waals surface area contributed by atoms with Gasteiger partial charge in [0.2, 0.25) is 10.0 Å². The average molecular weight is 381 g/mol. The van der Waals surface area contributed by atoms with Gasteiger partial charge in [-0.15, -0.1) is 11.3 Å². The SMILES string of the molecule is Cc1cnc(NC(=O)c2cccc(S(=O)(=O)NC[C@H]3CCCO3)c2)s1. The Balaban J connectivity index is 1.70. The number of sulfonamides is 1. The maximum Gasteiger partial charge on any atom is 0.257 e. The fourth-order valence-electron chi connectivity index (χ4n) is 2.48. The smallest absolute Gasteiger partial charge is 0.257 e. The Hall–Kier alpha value is -1.81. The molecular weight excluding hydrogens is 362 g/mol. The summed E-state index contributed by atoms with van der Waals surface area (Å²) in [7, 11) is -3.70. The summed E-state index contributed by atoms with van der Waals surface area (Å²) < 4.78 is 32.8. The summed E-state index contributed by atoms with van der Waals surface area (Å²) in [5.41, 5.74) is 0.257. The van der Waals surface area contributed by atoms with Gasteiger partial charge in [0.05, 0.1) is 11.0 Å². The highest BCUT2D eigenvalue weighted by molar-refractivity contribution is 7.89. The van der Waals surface area contributed by atoms with Crippen molar-refractivity contribution in [1.82, 2.24) is 9.71 Å². The minimum Gasteiger partial charge on any atom is -0.377 e. The number of anilines is 1. The van der Waals surface area contributed by atoms with Crippen molar-refractivity contribution in [1.29, 1.82) is 0 Å². The molecule has 0 saturated carbocycles. The van der Waals surface area contributed by atoms with Crippen molar-refractivity contribution in [2.75, 3.05) is 18.5 Å². The second-order valence-electron chi connectivity index (χ2n) is 5.74. The van der Waals surface area contributed by atoms with E-state index in [1.165, 1.54) is 23.5 Å². The number of carbonyl (C=O) groups excluding carboxylic acids is 1. The predicted octanol–water partition coefficient (Wildman–Crippen LogP) is 2.16. The third-order valence-electron chi connectivity index (χ3n) is 3.77. The Labute approximate surface area is 150 Å². The molecule has 134 valence electrons. The number of benzene rings is 1. The lowest BCUT2D eigenvalue weighted by Crippen LogP contribution is -2.32. The molecule has 1 atom stereocenters. The molecule has 25 heavy (non-hydrogen) atoms. The third-order valence-corrected chi connectivity index (χ3v) is 6.02. The summed E-state index contributed by atoms with van der Waals surface area (Å²) >= 11 is 1.36. The van der Waals surface area contributed by atoms with Gasteiger partial charge < -0.3 is 4.74 Å². The molecule has 1 saturated heterocycles. The molecule has 0 radical (unpaired) electrons. The fourth-order valence-corrected chi connectivity index (χ4v) is 4.25. The van der Waals surface area contributed by atoms with E-state index in [0.29, 0.717) is 11.7 Å². The molecule has 1 amide bonds. The van der Waals surface area contributed by atoms with Crippen molar-refractivity contribution in [3.8, 4) is 0 Å². The van der Waals surface area contributed by atoms with Crippen LogP contribution in [-0.2, 0) is 14.8 Å². The Morgan fingerprint density at radius 1 is 1.44 bits per heavy atom. The summed E-state index contributed by atoms with van der Waals surface area (Å²) in [6.45, 7) is 2.79. The quantitative estimate of drug-likeness (QED) is 0.799. The number of rotatable bonds is 6. The van der Waals surface area contributed by atoms with Crippen LogP contribution in [0.4, 0.5) is 5.13 Å². The number of amides is 1. The third kappa shape index (κ3) is 4.63. The topological polar surface area (TPSA) is 97.4 Å². The Kier molecular flexibility index (Phi) is 5.48. The summed E-state index contributed by atoms with van der Waals surface area (Å²) in [5.74, 6) is -0.398. The van der Waals surface area contributed by atoms with Crippen LogP contribution in [0.5, 0.6) is 0 Å². The van der Waals surface area contributed by atoms with Crippen molar-refractivity contribution >= 4 is 32.4 Å². The van der Waals surface area contributed by atoms with E-state index in [1.54, 1.807) is 18.3 Å². The minimum atomic E-state index is -3.70. The van der Waals surface area contributed by atoms with Crippen LogP contribution in [-0.4, -0.2) is 38.6 Å². The Morgan fingerprint density at radius 2 is 2.28 bits per heavy atom. The lowest BCUT2D eigenvalue weighted by atomic mass is 10.2. The van der Waals surface area contributed by atoms with Crippen LogP contribution < -0.4 is 10.0 Å². The zero-order valence-corrected chi connectivity index (χ0v) is 15.3. The molecule has 0 bridgehead atoms. The normalized spacial score (nSPS) is 17.6. The number of nitrogens with one attached hydrogen (secondary N) is 2. The lowest BCUT2D eigenvalue weighted by molar-refractivity contribution is 0.102. The van der Waals surface area contributed by atoms with Gasteiger partial charge >= 0.3 is 0 Å². The molecule has 0 aliphatic carbocycles. The molecule has 2 heterocycles. The van der Waals surface area contributed by atoms with Gasteiger partial charge in [0.15, 0.2) is 5.13 Å². The number of hydrogen-bond acceptors (Lipinski definition) is 6. The number of aromatic nitrogens is 1. The summed E-state index contributed by atoms with van der Waals surface area (Å²) in [6, 6.07) is 5.92. The number of carbonyl (C=O) groups is 1. The standard InChI is InChI=1S/C16H19N3O4S2/c1-11-9-17-16(24-11)19-15(20)12-4-2-6-14(8-12)25(21,22)18-10-13-5-3-7-23-13/h2,4,6,8-9,13,18H,3,5,7,10H2,1H3,(H,17,19,20)/t13-/m1/s1. The first-order valence-corrected chi connectivity index (χ1v) is 10.2. The summed E-state index contributed by atoms with van der Waals surface area (Å²) in [6.07, 6.45) is 3.36. The van der Waals surface area contributed by atoms with Gasteiger partial charge in [-0.2, -0.15) is 0 Å². The molecule has 9 heteroatoms. The van der Waals surface area contributed by atoms with Gasteiger partial charge in [-0.25, -0.2) is 18.1 Å². The first kappa shape index (κ1) is 18.0. The van der Waals surface area contributed by atoms with Crippen LogP contribution in [0.15, 0.2) is 35.4 Å². The minimum absolute atomic E-state index is 0.0495. The molecule has 0 spiro atoms. The molecule has 2 aromatic rings. The Bertz CT molecular complexity index is 858. The first-order chi connectivity index (χ1) is 11.9. The maximum atomic E-state index is 12.4. The predicted molar refractivity (Wildman–Crippen MR) is 95.4 cm³/mol. The highest BCUT2D eigenvalue weighted by Gasteiger charge is 2.21.